The summed E-state index contributed by atoms with van der Waals surface area (Å²) in [5.41, 5.74) is 0. The molecule has 0 N–H and O–H groups in total. The molecule has 1 aliphatic rings. The second-order valence-electron chi connectivity index (χ2n) is 4.47. The highest BCUT2D eigenvalue weighted by Gasteiger charge is 2.10. The minimum absolute atomic E-state index is 0.240. The van der Waals surface area contributed by atoms with Gasteiger partial charge in [-0.15, -0.1) is 11.3 Å². The first kappa shape index (κ1) is 12.5. The highest BCUT2D eigenvalue weighted by Crippen LogP contribution is 2.11. The van der Waals surface area contributed by atoms with Crippen molar-refractivity contribution in [1.82, 2.24) is 4.90 Å². The SMILES string of the molecule is O=C(/C=C/c1cccs1)CCN1CCCCC1. The smallest absolute Gasteiger partial charge is 0.157 e. The van der Waals surface area contributed by atoms with E-state index >= 15 is 0 Å². The summed E-state index contributed by atoms with van der Waals surface area (Å²) in [4.78, 5) is 15.2. The molecule has 1 aromatic rings. The van der Waals surface area contributed by atoms with E-state index in [-0.39, 0.29) is 5.78 Å². The molecule has 0 bridgehead atoms. The van der Waals surface area contributed by atoms with E-state index in [0.29, 0.717) is 6.42 Å². The third kappa shape index (κ3) is 4.44. The van der Waals surface area contributed by atoms with E-state index < -0.39 is 0 Å². The molecule has 17 heavy (non-hydrogen) atoms. The standard InChI is InChI=1S/C14H19NOS/c16-13(6-7-14-5-4-12-17-14)8-11-15-9-2-1-3-10-15/h4-7,12H,1-3,8-11H2/b7-6+. The zero-order valence-corrected chi connectivity index (χ0v) is 10.9. The van der Waals surface area contributed by atoms with E-state index in [1.54, 1.807) is 17.4 Å². The molecule has 3 heteroatoms. The molecule has 0 atom stereocenters. The van der Waals surface area contributed by atoms with Gasteiger partial charge in [-0.1, -0.05) is 12.5 Å². The van der Waals surface area contributed by atoms with Crippen LogP contribution in [0, 0.1) is 0 Å². The van der Waals surface area contributed by atoms with Crippen LogP contribution in [-0.2, 0) is 4.79 Å². The fourth-order valence-corrected chi connectivity index (χ4v) is 2.71. The topological polar surface area (TPSA) is 20.3 Å². The number of carbonyl (C=O) groups is 1. The molecule has 1 aromatic heterocycles. The van der Waals surface area contributed by atoms with Crippen LogP contribution in [0.3, 0.4) is 0 Å². The molecule has 0 aliphatic carbocycles. The number of piperidine rings is 1. The molecule has 92 valence electrons. The second-order valence-corrected chi connectivity index (χ2v) is 5.45. The second kappa shape index (κ2) is 6.72. The number of likely N-dealkylation sites (tertiary alicyclic amines) is 1. The summed E-state index contributed by atoms with van der Waals surface area (Å²) < 4.78 is 0. The number of hydrogen-bond donors (Lipinski definition) is 0. The van der Waals surface area contributed by atoms with Gasteiger partial charge in [-0.25, -0.2) is 0 Å². The first-order valence-corrected chi connectivity index (χ1v) is 7.19. The molecule has 0 saturated carbocycles. The van der Waals surface area contributed by atoms with Crippen LogP contribution < -0.4 is 0 Å². The zero-order chi connectivity index (χ0) is 11.9. The van der Waals surface area contributed by atoms with Gasteiger partial charge < -0.3 is 4.90 Å². The van der Waals surface area contributed by atoms with Gasteiger partial charge in [0, 0.05) is 17.8 Å². The van der Waals surface area contributed by atoms with Gasteiger partial charge in [0.2, 0.25) is 0 Å². The normalized spacial score (nSPS) is 17.6. The summed E-state index contributed by atoms with van der Waals surface area (Å²) in [6, 6.07) is 4.03. The summed E-state index contributed by atoms with van der Waals surface area (Å²) >= 11 is 1.66. The molecule has 1 aliphatic heterocycles. The number of rotatable bonds is 5. The molecular weight excluding hydrogens is 230 g/mol. The van der Waals surface area contributed by atoms with Crippen molar-refractivity contribution in [1.29, 1.82) is 0 Å². The van der Waals surface area contributed by atoms with E-state index in [1.807, 2.05) is 23.6 Å². The summed E-state index contributed by atoms with van der Waals surface area (Å²) in [6.07, 6.45) is 8.22. The van der Waals surface area contributed by atoms with Crippen molar-refractivity contribution in [2.24, 2.45) is 0 Å². The van der Waals surface area contributed by atoms with Crippen molar-refractivity contribution in [3.05, 3.63) is 28.5 Å². The van der Waals surface area contributed by atoms with Crippen molar-refractivity contribution in [3.8, 4) is 0 Å². The van der Waals surface area contributed by atoms with E-state index in [2.05, 4.69) is 4.90 Å². The fourth-order valence-electron chi connectivity index (χ4n) is 2.10. The van der Waals surface area contributed by atoms with Crippen molar-refractivity contribution < 1.29 is 4.79 Å². The molecule has 0 unspecified atom stereocenters. The van der Waals surface area contributed by atoms with Crippen molar-refractivity contribution in [2.45, 2.75) is 25.7 Å². The lowest BCUT2D eigenvalue weighted by atomic mass is 10.1. The Balaban J connectivity index is 1.70. The average Bonchev–Trinajstić information content (AvgIpc) is 2.88. The number of hydrogen-bond acceptors (Lipinski definition) is 3. The van der Waals surface area contributed by atoms with Gasteiger partial charge in [0.25, 0.3) is 0 Å². The first-order chi connectivity index (χ1) is 8.34. The van der Waals surface area contributed by atoms with E-state index in [4.69, 9.17) is 0 Å². The summed E-state index contributed by atoms with van der Waals surface area (Å²) in [7, 11) is 0. The highest BCUT2D eigenvalue weighted by molar-refractivity contribution is 7.10. The summed E-state index contributed by atoms with van der Waals surface area (Å²) in [5.74, 6) is 0.240. The van der Waals surface area contributed by atoms with Crippen molar-refractivity contribution >= 4 is 23.2 Å². The lowest BCUT2D eigenvalue weighted by molar-refractivity contribution is -0.114. The quantitative estimate of drug-likeness (QED) is 0.747. The third-order valence-electron chi connectivity index (χ3n) is 3.10. The first-order valence-electron chi connectivity index (χ1n) is 6.31. The van der Waals surface area contributed by atoms with Gasteiger partial charge in [-0.2, -0.15) is 0 Å². The Labute approximate surface area is 107 Å². The predicted octanol–water partition coefficient (Wildman–Crippen LogP) is 3.21. The Morgan fingerprint density at radius 2 is 2.18 bits per heavy atom. The molecule has 2 rings (SSSR count). The molecule has 1 fully saturated rings. The highest BCUT2D eigenvalue weighted by atomic mass is 32.1. The molecule has 2 nitrogen and oxygen atoms in total. The van der Waals surface area contributed by atoms with Gasteiger partial charge in [0.1, 0.15) is 0 Å². The lowest BCUT2D eigenvalue weighted by Gasteiger charge is -2.25. The van der Waals surface area contributed by atoms with E-state index in [1.165, 1.54) is 32.4 Å². The maximum Gasteiger partial charge on any atom is 0.157 e. The van der Waals surface area contributed by atoms with E-state index in [0.717, 1.165) is 11.4 Å². The van der Waals surface area contributed by atoms with Gasteiger partial charge in [-0.3, -0.25) is 4.79 Å². The average molecular weight is 249 g/mol. The summed E-state index contributed by atoms with van der Waals surface area (Å²) in [6.45, 7) is 3.26. The van der Waals surface area contributed by atoms with Crippen LogP contribution in [0.25, 0.3) is 6.08 Å². The van der Waals surface area contributed by atoms with Gasteiger partial charge in [-0.05, 0) is 49.5 Å². The number of carbonyl (C=O) groups excluding carboxylic acids is 1. The molecule has 1 saturated heterocycles. The Kier molecular flexibility index (Phi) is 4.95. The van der Waals surface area contributed by atoms with Gasteiger partial charge >= 0.3 is 0 Å². The Hall–Kier alpha value is -0.930. The molecule has 0 radical (unpaired) electrons. The Morgan fingerprint density at radius 3 is 2.88 bits per heavy atom. The monoisotopic (exact) mass is 249 g/mol. The number of allylic oxidation sites excluding steroid dienone is 1. The van der Waals surface area contributed by atoms with Crippen LogP contribution in [0.1, 0.15) is 30.6 Å². The van der Waals surface area contributed by atoms with Gasteiger partial charge in [0.15, 0.2) is 5.78 Å². The Morgan fingerprint density at radius 1 is 1.35 bits per heavy atom. The number of thiophene rings is 1. The molecule has 0 amide bonds. The minimum atomic E-state index is 0.240. The molecule has 0 aromatic carbocycles. The molecule has 2 heterocycles. The van der Waals surface area contributed by atoms with E-state index in [9.17, 15) is 4.79 Å². The van der Waals surface area contributed by atoms with Crippen LogP contribution in [0.15, 0.2) is 23.6 Å². The largest absolute Gasteiger partial charge is 0.303 e. The maximum absolute atomic E-state index is 11.7. The van der Waals surface area contributed by atoms with Crippen molar-refractivity contribution in [2.75, 3.05) is 19.6 Å². The number of nitrogens with zero attached hydrogens (tertiary/aromatic N) is 1. The van der Waals surface area contributed by atoms with Crippen LogP contribution >= 0.6 is 11.3 Å². The minimum Gasteiger partial charge on any atom is -0.303 e. The fraction of sp³-hybridized carbons (Fsp3) is 0.500. The lowest BCUT2D eigenvalue weighted by Crippen LogP contribution is -2.31. The maximum atomic E-state index is 11.7. The summed E-state index contributed by atoms with van der Waals surface area (Å²) in [5, 5.41) is 2.03. The van der Waals surface area contributed by atoms with Crippen LogP contribution in [0.4, 0.5) is 0 Å². The molecular formula is C14H19NOS. The third-order valence-corrected chi connectivity index (χ3v) is 3.94. The van der Waals surface area contributed by atoms with Crippen molar-refractivity contribution in [3.63, 3.8) is 0 Å². The van der Waals surface area contributed by atoms with Crippen LogP contribution in [-0.4, -0.2) is 30.3 Å². The zero-order valence-electron chi connectivity index (χ0n) is 10.1. The van der Waals surface area contributed by atoms with Gasteiger partial charge in [0.05, 0.1) is 0 Å². The molecule has 0 spiro atoms. The van der Waals surface area contributed by atoms with Crippen LogP contribution in [0.2, 0.25) is 0 Å². The Bertz CT molecular complexity index is 364. The van der Waals surface area contributed by atoms with Crippen LogP contribution in [0.5, 0.6) is 0 Å². The predicted molar refractivity (Wildman–Crippen MR) is 73.3 cm³/mol. The number of ketones is 1.